The number of nitrogens with one attached hydrogen (secondary N) is 1. The van der Waals surface area contributed by atoms with Crippen LogP contribution in [0, 0.1) is 17.8 Å². The van der Waals surface area contributed by atoms with Gasteiger partial charge in [0.2, 0.25) is 11.8 Å². The van der Waals surface area contributed by atoms with Crippen molar-refractivity contribution in [2.24, 2.45) is 17.8 Å². The Bertz CT molecular complexity index is 644. The minimum atomic E-state index is -0.999. The molecule has 0 aliphatic carbocycles. The number of carbonyl (C=O) groups is 3. The normalized spacial score (nSPS) is 22.7. The van der Waals surface area contributed by atoms with Crippen LogP contribution in [0.3, 0.4) is 0 Å². The molecule has 0 saturated carbocycles. The number of hydrogen-bond acceptors (Lipinski definition) is 4. The number of likely N-dealkylation sites (tertiary alicyclic amines) is 1. The molecule has 1 rings (SSSR count). The lowest BCUT2D eigenvalue weighted by atomic mass is 9.90. The summed E-state index contributed by atoms with van der Waals surface area (Å²) >= 11 is 0. The zero-order valence-corrected chi connectivity index (χ0v) is 19.9. The van der Waals surface area contributed by atoms with E-state index in [4.69, 9.17) is 0 Å². The summed E-state index contributed by atoms with van der Waals surface area (Å²) in [5.74, 6) is -0.738. The SMILES string of the molecule is CC[C@H]1CCC(C(=O)N[C@H](C(=O)N(C)[C@H](/C=C(\C)C(=O)O)C(C)C)C(C)C)N(C)C1. The molecule has 2 N–H and O–H groups in total. The molecule has 1 saturated heterocycles. The van der Waals surface area contributed by atoms with Crippen molar-refractivity contribution in [3.63, 3.8) is 0 Å². The molecule has 0 aromatic heterocycles. The summed E-state index contributed by atoms with van der Waals surface area (Å²) in [6.45, 7) is 12.3. The summed E-state index contributed by atoms with van der Waals surface area (Å²) in [6.07, 6.45) is 4.54. The van der Waals surface area contributed by atoms with Gasteiger partial charge >= 0.3 is 5.97 Å². The fraction of sp³-hybridized carbons (Fsp3) is 0.783. The molecule has 7 heteroatoms. The zero-order chi connectivity index (χ0) is 23.2. The molecule has 0 spiro atoms. The highest BCUT2D eigenvalue weighted by Gasteiger charge is 2.35. The molecular weight excluding hydrogens is 382 g/mol. The van der Waals surface area contributed by atoms with Crippen molar-refractivity contribution in [3.05, 3.63) is 11.6 Å². The number of carbonyl (C=O) groups excluding carboxylic acids is 2. The molecule has 1 aliphatic heterocycles. The van der Waals surface area contributed by atoms with E-state index in [1.807, 2.05) is 34.7 Å². The molecule has 30 heavy (non-hydrogen) atoms. The van der Waals surface area contributed by atoms with Gasteiger partial charge in [0.25, 0.3) is 0 Å². The summed E-state index contributed by atoms with van der Waals surface area (Å²) in [5.41, 5.74) is 0.202. The Labute approximate surface area is 181 Å². The van der Waals surface area contributed by atoms with Gasteiger partial charge in [-0.1, -0.05) is 47.1 Å². The Balaban J connectivity index is 2.97. The Kier molecular flexibility index (Phi) is 10.0. The first-order valence-electron chi connectivity index (χ1n) is 11.1. The van der Waals surface area contributed by atoms with Crippen LogP contribution < -0.4 is 5.32 Å². The van der Waals surface area contributed by atoms with Crippen LogP contribution in [0.4, 0.5) is 0 Å². The van der Waals surface area contributed by atoms with E-state index in [-0.39, 0.29) is 41.3 Å². The summed E-state index contributed by atoms with van der Waals surface area (Å²) in [4.78, 5) is 41.2. The third kappa shape index (κ3) is 6.83. The third-order valence-corrected chi connectivity index (χ3v) is 6.27. The molecule has 2 amide bonds. The average molecular weight is 424 g/mol. The van der Waals surface area contributed by atoms with Crippen molar-refractivity contribution in [1.82, 2.24) is 15.1 Å². The number of piperidine rings is 1. The molecule has 1 fully saturated rings. The monoisotopic (exact) mass is 423 g/mol. The Hall–Kier alpha value is -1.89. The highest BCUT2D eigenvalue weighted by molar-refractivity contribution is 5.90. The van der Waals surface area contributed by atoms with Crippen molar-refractivity contribution in [2.45, 2.75) is 78.9 Å². The molecule has 172 valence electrons. The predicted molar refractivity (Wildman–Crippen MR) is 119 cm³/mol. The van der Waals surface area contributed by atoms with E-state index in [1.165, 1.54) is 6.92 Å². The first-order chi connectivity index (χ1) is 13.9. The smallest absolute Gasteiger partial charge is 0.331 e. The first-order valence-corrected chi connectivity index (χ1v) is 11.1. The lowest BCUT2D eigenvalue weighted by Gasteiger charge is -2.38. The molecule has 1 aliphatic rings. The van der Waals surface area contributed by atoms with Crippen LogP contribution in [0.2, 0.25) is 0 Å². The third-order valence-electron chi connectivity index (χ3n) is 6.27. The number of nitrogens with zero attached hydrogens (tertiary/aromatic N) is 2. The summed E-state index contributed by atoms with van der Waals surface area (Å²) in [6, 6.07) is -1.24. The van der Waals surface area contributed by atoms with Crippen LogP contribution in [0.15, 0.2) is 11.6 Å². The molecule has 0 bridgehead atoms. The number of hydrogen-bond donors (Lipinski definition) is 2. The number of likely N-dealkylation sites (N-methyl/N-ethyl adjacent to an activating group) is 2. The number of carboxylic acid groups (broad SMARTS) is 1. The Morgan fingerprint density at radius 3 is 2.20 bits per heavy atom. The van der Waals surface area contributed by atoms with E-state index in [1.54, 1.807) is 18.0 Å². The minimum absolute atomic E-state index is 0.0345. The molecule has 0 aromatic carbocycles. The summed E-state index contributed by atoms with van der Waals surface area (Å²) in [5, 5.41) is 12.2. The molecule has 0 radical (unpaired) electrons. The zero-order valence-electron chi connectivity index (χ0n) is 19.9. The van der Waals surface area contributed by atoms with Crippen LogP contribution in [0.25, 0.3) is 0 Å². The minimum Gasteiger partial charge on any atom is -0.478 e. The van der Waals surface area contributed by atoms with Crippen molar-refractivity contribution < 1.29 is 19.5 Å². The molecule has 0 aromatic rings. The van der Waals surface area contributed by atoms with Crippen LogP contribution in [0.5, 0.6) is 0 Å². The van der Waals surface area contributed by atoms with E-state index in [9.17, 15) is 19.5 Å². The Morgan fingerprint density at radius 2 is 1.77 bits per heavy atom. The lowest BCUT2D eigenvalue weighted by Crippen LogP contribution is -2.58. The van der Waals surface area contributed by atoms with Gasteiger partial charge in [-0.25, -0.2) is 4.79 Å². The summed E-state index contributed by atoms with van der Waals surface area (Å²) < 4.78 is 0. The second-order valence-electron chi connectivity index (χ2n) is 9.38. The standard InChI is InChI=1S/C23H41N3O4/c1-9-17-10-11-18(25(7)13-17)21(27)24-20(15(4)5)22(28)26(8)19(14(2)3)12-16(6)23(29)30/h12,14-15,17-20H,9-11,13H2,1-8H3,(H,24,27)(H,29,30)/b16-12+/t17-,18?,19+,20-/m0/s1. The number of aliphatic carboxylic acids is 1. The topological polar surface area (TPSA) is 90.0 Å². The van der Waals surface area contributed by atoms with E-state index >= 15 is 0 Å². The van der Waals surface area contributed by atoms with Gasteiger partial charge in [0.1, 0.15) is 6.04 Å². The highest BCUT2D eigenvalue weighted by atomic mass is 16.4. The van der Waals surface area contributed by atoms with Gasteiger partial charge in [0.15, 0.2) is 0 Å². The molecule has 1 heterocycles. The molecular formula is C23H41N3O4. The number of amides is 2. The van der Waals surface area contributed by atoms with Crippen molar-refractivity contribution >= 4 is 17.8 Å². The van der Waals surface area contributed by atoms with E-state index in [0.717, 1.165) is 25.8 Å². The van der Waals surface area contributed by atoms with Crippen molar-refractivity contribution in [3.8, 4) is 0 Å². The maximum Gasteiger partial charge on any atom is 0.331 e. The van der Waals surface area contributed by atoms with Gasteiger partial charge in [0.05, 0.1) is 12.1 Å². The number of carboxylic acids is 1. The van der Waals surface area contributed by atoms with Gasteiger partial charge in [-0.05, 0) is 44.6 Å². The quantitative estimate of drug-likeness (QED) is 0.557. The van der Waals surface area contributed by atoms with Gasteiger partial charge in [-0.2, -0.15) is 0 Å². The van der Waals surface area contributed by atoms with E-state index in [0.29, 0.717) is 5.92 Å². The molecule has 4 atom stereocenters. The average Bonchev–Trinajstić information content (AvgIpc) is 2.67. The Morgan fingerprint density at radius 1 is 1.17 bits per heavy atom. The van der Waals surface area contributed by atoms with Crippen LogP contribution in [-0.4, -0.2) is 71.5 Å². The van der Waals surface area contributed by atoms with E-state index in [2.05, 4.69) is 17.1 Å². The lowest BCUT2D eigenvalue weighted by molar-refractivity contribution is -0.140. The van der Waals surface area contributed by atoms with Crippen molar-refractivity contribution in [2.75, 3.05) is 20.6 Å². The second-order valence-corrected chi connectivity index (χ2v) is 9.38. The fourth-order valence-corrected chi connectivity index (χ4v) is 4.11. The highest BCUT2D eigenvalue weighted by Crippen LogP contribution is 2.23. The van der Waals surface area contributed by atoms with Crippen LogP contribution in [0.1, 0.15) is 60.8 Å². The second kappa shape index (κ2) is 11.5. The van der Waals surface area contributed by atoms with Crippen LogP contribution in [-0.2, 0) is 14.4 Å². The fourth-order valence-electron chi connectivity index (χ4n) is 4.11. The summed E-state index contributed by atoms with van der Waals surface area (Å²) in [7, 11) is 3.65. The number of rotatable bonds is 9. The predicted octanol–water partition coefficient (Wildman–Crippen LogP) is 2.76. The van der Waals surface area contributed by atoms with Crippen molar-refractivity contribution in [1.29, 1.82) is 0 Å². The first kappa shape index (κ1) is 26.1. The largest absolute Gasteiger partial charge is 0.478 e. The maximum atomic E-state index is 13.3. The van der Waals surface area contributed by atoms with Gasteiger partial charge in [-0.15, -0.1) is 0 Å². The van der Waals surface area contributed by atoms with Gasteiger partial charge in [-0.3, -0.25) is 14.5 Å². The van der Waals surface area contributed by atoms with Gasteiger partial charge in [0, 0.05) is 19.2 Å². The maximum absolute atomic E-state index is 13.3. The van der Waals surface area contributed by atoms with E-state index < -0.39 is 12.0 Å². The molecule has 7 nitrogen and oxygen atoms in total. The van der Waals surface area contributed by atoms with Crippen LogP contribution >= 0.6 is 0 Å². The molecule has 1 unspecified atom stereocenters. The van der Waals surface area contributed by atoms with Gasteiger partial charge < -0.3 is 15.3 Å².